The first kappa shape index (κ1) is 12.8. The maximum absolute atomic E-state index is 10.5. The zero-order valence-corrected chi connectivity index (χ0v) is 9.83. The van der Waals surface area contributed by atoms with Crippen molar-refractivity contribution in [1.29, 1.82) is 0 Å². The Morgan fingerprint density at radius 3 is 2.81 bits per heavy atom. The molecule has 1 aromatic rings. The highest BCUT2D eigenvalue weighted by Crippen LogP contribution is 2.16. The van der Waals surface area contributed by atoms with Crippen LogP contribution in [0.2, 0.25) is 0 Å². The first-order valence-corrected chi connectivity index (χ1v) is 6.45. The molecule has 0 bridgehead atoms. The first-order chi connectivity index (χ1) is 7.51. The van der Waals surface area contributed by atoms with E-state index in [1.165, 1.54) is 0 Å². The van der Waals surface area contributed by atoms with Crippen LogP contribution in [0, 0.1) is 0 Å². The van der Waals surface area contributed by atoms with Crippen molar-refractivity contribution in [2.24, 2.45) is 0 Å². The van der Waals surface area contributed by atoms with Gasteiger partial charge in [0.05, 0.1) is 12.9 Å². The largest absolute Gasteiger partial charge is 0.497 e. The van der Waals surface area contributed by atoms with Crippen molar-refractivity contribution in [3.05, 3.63) is 24.3 Å². The first-order valence-electron chi connectivity index (χ1n) is 4.84. The number of rotatable bonds is 6. The average molecular weight is 245 g/mol. The number of anilines is 1. The molecule has 2 N–H and O–H groups in total. The second kappa shape index (κ2) is 5.72. The van der Waals surface area contributed by atoms with Gasteiger partial charge in [0, 0.05) is 18.3 Å². The lowest BCUT2D eigenvalue weighted by Crippen LogP contribution is -2.10. The van der Waals surface area contributed by atoms with Gasteiger partial charge in [-0.05, 0) is 18.6 Å². The summed E-state index contributed by atoms with van der Waals surface area (Å²) < 4.78 is 34.5. The number of methoxy groups -OCH3 is 1. The minimum Gasteiger partial charge on any atom is -0.497 e. The van der Waals surface area contributed by atoms with Crippen molar-refractivity contribution < 1.29 is 17.7 Å². The third kappa shape index (κ3) is 4.99. The van der Waals surface area contributed by atoms with Crippen LogP contribution in [0.3, 0.4) is 0 Å². The lowest BCUT2D eigenvalue weighted by molar-refractivity contribution is 0.415. The van der Waals surface area contributed by atoms with E-state index in [9.17, 15) is 8.42 Å². The SMILES string of the molecule is COc1cccc(NCCCS(=O)(=O)O)c1. The Bertz CT molecular complexity index is 430. The maximum atomic E-state index is 10.5. The van der Waals surface area contributed by atoms with E-state index in [1.807, 2.05) is 24.3 Å². The Morgan fingerprint density at radius 2 is 2.19 bits per heavy atom. The van der Waals surface area contributed by atoms with Gasteiger partial charge in [0.1, 0.15) is 5.75 Å². The second-order valence-electron chi connectivity index (χ2n) is 3.30. The molecule has 0 amide bonds. The smallest absolute Gasteiger partial charge is 0.264 e. The second-order valence-corrected chi connectivity index (χ2v) is 4.87. The third-order valence-electron chi connectivity index (χ3n) is 1.98. The highest BCUT2D eigenvalue weighted by atomic mass is 32.2. The van der Waals surface area contributed by atoms with E-state index in [0.717, 1.165) is 11.4 Å². The van der Waals surface area contributed by atoms with E-state index in [0.29, 0.717) is 13.0 Å². The Kier molecular flexibility index (Phi) is 4.57. The van der Waals surface area contributed by atoms with Crippen LogP contribution in [-0.4, -0.2) is 32.4 Å². The maximum Gasteiger partial charge on any atom is 0.264 e. The molecule has 0 saturated carbocycles. The van der Waals surface area contributed by atoms with Crippen LogP contribution in [0.1, 0.15) is 6.42 Å². The van der Waals surface area contributed by atoms with Gasteiger partial charge < -0.3 is 10.1 Å². The molecule has 0 aromatic heterocycles. The van der Waals surface area contributed by atoms with Crippen molar-refractivity contribution in [3.8, 4) is 5.75 Å². The molecule has 90 valence electrons. The fourth-order valence-electron chi connectivity index (χ4n) is 1.22. The van der Waals surface area contributed by atoms with Gasteiger partial charge in [-0.2, -0.15) is 8.42 Å². The molecule has 0 aliphatic heterocycles. The summed E-state index contributed by atoms with van der Waals surface area (Å²) in [4.78, 5) is 0. The van der Waals surface area contributed by atoms with Crippen molar-refractivity contribution in [2.75, 3.05) is 24.7 Å². The molecule has 0 fully saturated rings. The fourth-order valence-corrected chi connectivity index (χ4v) is 1.73. The standard InChI is InChI=1S/C10H15NO4S/c1-15-10-5-2-4-9(8-10)11-6-3-7-16(12,13)14/h2,4-5,8,11H,3,6-7H2,1H3,(H,12,13,14). The molecule has 0 aliphatic carbocycles. The summed E-state index contributed by atoms with van der Waals surface area (Å²) in [7, 11) is -2.28. The summed E-state index contributed by atoms with van der Waals surface area (Å²) in [5.74, 6) is 0.504. The lowest BCUT2D eigenvalue weighted by Gasteiger charge is -2.07. The summed E-state index contributed by atoms with van der Waals surface area (Å²) in [6.07, 6.45) is 0.357. The fraction of sp³-hybridized carbons (Fsp3) is 0.400. The molecular weight excluding hydrogens is 230 g/mol. The summed E-state index contributed by atoms with van der Waals surface area (Å²) in [6.45, 7) is 0.479. The Hall–Kier alpha value is -1.27. The van der Waals surface area contributed by atoms with E-state index in [-0.39, 0.29) is 5.75 Å². The third-order valence-corrected chi connectivity index (χ3v) is 2.78. The predicted molar refractivity (Wildman–Crippen MR) is 62.5 cm³/mol. The molecule has 5 nitrogen and oxygen atoms in total. The van der Waals surface area contributed by atoms with Gasteiger partial charge in [-0.3, -0.25) is 4.55 Å². The minimum absolute atomic E-state index is 0.232. The van der Waals surface area contributed by atoms with Crippen molar-refractivity contribution in [3.63, 3.8) is 0 Å². The zero-order valence-electron chi connectivity index (χ0n) is 9.01. The molecule has 0 atom stereocenters. The minimum atomic E-state index is -3.86. The van der Waals surface area contributed by atoms with Crippen LogP contribution < -0.4 is 10.1 Å². The summed E-state index contributed by atoms with van der Waals surface area (Å²) in [5.41, 5.74) is 0.856. The number of benzene rings is 1. The molecule has 0 unspecified atom stereocenters. The zero-order chi connectivity index (χ0) is 12.0. The highest BCUT2D eigenvalue weighted by molar-refractivity contribution is 7.85. The van der Waals surface area contributed by atoms with Crippen LogP contribution in [0.4, 0.5) is 5.69 Å². The molecule has 1 aromatic carbocycles. The number of nitrogens with one attached hydrogen (secondary N) is 1. The van der Waals surface area contributed by atoms with E-state index >= 15 is 0 Å². The average Bonchev–Trinajstić information content (AvgIpc) is 2.23. The van der Waals surface area contributed by atoms with E-state index in [4.69, 9.17) is 9.29 Å². The monoisotopic (exact) mass is 245 g/mol. The van der Waals surface area contributed by atoms with Gasteiger partial charge in [-0.15, -0.1) is 0 Å². The van der Waals surface area contributed by atoms with Gasteiger partial charge >= 0.3 is 0 Å². The number of hydrogen-bond donors (Lipinski definition) is 2. The van der Waals surface area contributed by atoms with Crippen LogP contribution in [0.5, 0.6) is 5.75 Å². The van der Waals surface area contributed by atoms with E-state index < -0.39 is 10.1 Å². The van der Waals surface area contributed by atoms with Gasteiger partial charge in [0.15, 0.2) is 0 Å². The summed E-state index contributed by atoms with van der Waals surface area (Å²) >= 11 is 0. The van der Waals surface area contributed by atoms with Gasteiger partial charge in [0.2, 0.25) is 0 Å². The lowest BCUT2D eigenvalue weighted by atomic mass is 10.3. The number of ether oxygens (including phenoxy) is 1. The molecule has 0 heterocycles. The van der Waals surface area contributed by atoms with E-state index in [2.05, 4.69) is 5.32 Å². The van der Waals surface area contributed by atoms with Gasteiger partial charge in [0.25, 0.3) is 10.1 Å². The summed E-state index contributed by atoms with van der Waals surface area (Å²) in [5, 5.41) is 3.04. The molecule has 6 heteroatoms. The molecule has 0 radical (unpaired) electrons. The topological polar surface area (TPSA) is 75.6 Å². The van der Waals surface area contributed by atoms with Crippen molar-refractivity contribution >= 4 is 15.8 Å². The number of hydrogen-bond acceptors (Lipinski definition) is 4. The quantitative estimate of drug-likeness (QED) is 0.585. The van der Waals surface area contributed by atoms with Crippen molar-refractivity contribution in [2.45, 2.75) is 6.42 Å². The van der Waals surface area contributed by atoms with Gasteiger partial charge in [-0.1, -0.05) is 6.07 Å². The molecule has 0 saturated heterocycles. The van der Waals surface area contributed by atoms with Crippen molar-refractivity contribution in [1.82, 2.24) is 0 Å². The predicted octanol–water partition coefficient (Wildman–Crippen LogP) is 1.39. The Morgan fingerprint density at radius 1 is 1.44 bits per heavy atom. The van der Waals surface area contributed by atoms with E-state index in [1.54, 1.807) is 7.11 Å². The normalized spacial score (nSPS) is 11.1. The highest BCUT2D eigenvalue weighted by Gasteiger charge is 2.03. The van der Waals surface area contributed by atoms with Crippen LogP contribution in [0.15, 0.2) is 24.3 Å². The Labute approximate surface area is 95.2 Å². The van der Waals surface area contributed by atoms with Crippen LogP contribution >= 0.6 is 0 Å². The Balaban J connectivity index is 2.37. The molecule has 16 heavy (non-hydrogen) atoms. The molecular formula is C10H15NO4S. The molecule has 1 rings (SSSR count). The van der Waals surface area contributed by atoms with Crippen LogP contribution in [0.25, 0.3) is 0 Å². The van der Waals surface area contributed by atoms with Gasteiger partial charge in [-0.25, -0.2) is 0 Å². The molecule has 0 aliphatic rings. The molecule has 0 spiro atoms. The summed E-state index contributed by atoms with van der Waals surface area (Å²) in [6, 6.07) is 7.33. The van der Waals surface area contributed by atoms with Crippen LogP contribution in [-0.2, 0) is 10.1 Å².